The van der Waals surface area contributed by atoms with Gasteiger partial charge in [0.2, 0.25) is 10.0 Å². The molecule has 0 saturated heterocycles. The molecule has 3 rings (SSSR count). The van der Waals surface area contributed by atoms with Crippen LogP contribution in [0.1, 0.15) is 16.4 Å². The van der Waals surface area contributed by atoms with Gasteiger partial charge in [0.25, 0.3) is 0 Å². The number of hydrogen-bond acceptors (Lipinski definition) is 3. The highest BCUT2D eigenvalue weighted by Gasteiger charge is 2.27. The van der Waals surface area contributed by atoms with Gasteiger partial charge in [-0.2, -0.15) is 0 Å². The van der Waals surface area contributed by atoms with Crippen molar-refractivity contribution in [1.82, 2.24) is 4.72 Å². The summed E-state index contributed by atoms with van der Waals surface area (Å²) in [5, 5.41) is 0.291. The number of sulfonamides is 1. The highest BCUT2D eigenvalue weighted by molar-refractivity contribution is 7.99. The molecule has 0 bridgehead atoms. The smallest absolute Gasteiger partial charge is 0.208 e. The number of hydrogen-bond donors (Lipinski definition) is 1. The highest BCUT2D eigenvalue weighted by atomic mass is 32.2. The average molecular weight is 319 g/mol. The zero-order valence-corrected chi connectivity index (χ0v) is 13.4. The predicted octanol–water partition coefficient (Wildman–Crippen LogP) is 3.04. The quantitative estimate of drug-likeness (QED) is 0.862. The summed E-state index contributed by atoms with van der Waals surface area (Å²) in [6.07, 6.45) is 1.19. The monoisotopic (exact) mass is 319 g/mol. The average Bonchev–Trinajstić information content (AvgIpc) is 2.77. The lowest BCUT2D eigenvalue weighted by Gasteiger charge is -2.13. The Morgan fingerprint density at radius 1 is 1.00 bits per heavy atom. The lowest BCUT2D eigenvalue weighted by molar-refractivity contribution is 0.590. The van der Waals surface area contributed by atoms with Crippen LogP contribution in [0.15, 0.2) is 48.5 Å². The summed E-state index contributed by atoms with van der Waals surface area (Å²) in [4.78, 5) is 0. The molecule has 0 aromatic heterocycles. The van der Waals surface area contributed by atoms with Crippen LogP contribution >= 0.6 is 11.8 Å². The van der Waals surface area contributed by atoms with E-state index in [0.29, 0.717) is 11.8 Å². The topological polar surface area (TPSA) is 46.2 Å². The molecule has 110 valence electrons. The molecule has 0 amide bonds. The van der Waals surface area contributed by atoms with Gasteiger partial charge in [0.05, 0.1) is 11.5 Å². The minimum atomic E-state index is -3.10. The molecule has 1 N–H and O–H groups in total. The maximum atomic E-state index is 11.1. The molecule has 1 aliphatic carbocycles. The summed E-state index contributed by atoms with van der Waals surface area (Å²) in [6, 6.07) is 16.9. The third-order valence-corrected chi connectivity index (χ3v) is 5.54. The Morgan fingerprint density at radius 3 is 2.05 bits per heavy atom. The van der Waals surface area contributed by atoms with E-state index in [2.05, 4.69) is 53.3 Å². The largest absolute Gasteiger partial charge is 0.215 e. The molecule has 0 atom stereocenters. The minimum absolute atomic E-state index is 0.291. The number of nitrogens with one attached hydrogen (secondary N) is 1. The van der Waals surface area contributed by atoms with Gasteiger partial charge < -0.3 is 0 Å². The third kappa shape index (κ3) is 3.15. The number of rotatable bonds is 5. The van der Waals surface area contributed by atoms with E-state index in [1.807, 2.05) is 0 Å². The van der Waals surface area contributed by atoms with Crippen LogP contribution in [-0.4, -0.2) is 27.0 Å². The van der Waals surface area contributed by atoms with Crippen LogP contribution in [-0.2, 0) is 10.0 Å². The molecule has 1 aliphatic rings. The van der Waals surface area contributed by atoms with Gasteiger partial charge in [-0.15, -0.1) is 11.8 Å². The fraction of sp³-hybridized carbons (Fsp3) is 0.250. The molecular weight excluding hydrogens is 302 g/mol. The van der Waals surface area contributed by atoms with Crippen LogP contribution in [0.2, 0.25) is 0 Å². The van der Waals surface area contributed by atoms with Crippen LogP contribution in [0.3, 0.4) is 0 Å². The molecule has 0 unspecified atom stereocenters. The normalized spacial score (nSPS) is 14.0. The fourth-order valence-corrected chi connectivity index (χ4v) is 4.52. The Morgan fingerprint density at radius 2 is 1.52 bits per heavy atom. The van der Waals surface area contributed by atoms with Crippen molar-refractivity contribution < 1.29 is 8.42 Å². The molecule has 0 saturated carbocycles. The second-order valence-corrected chi connectivity index (χ2v) is 8.14. The van der Waals surface area contributed by atoms with E-state index in [9.17, 15) is 8.42 Å². The van der Waals surface area contributed by atoms with Crippen LogP contribution in [0.4, 0.5) is 0 Å². The standard InChI is InChI=1S/C16H17NO2S2/c1-21(18,19)17-10-11-20-16-14-8-4-2-6-12(14)13-7-3-5-9-15(13)16/h2-9,16-17H,10-11H2,1H3. The Balaban J connectivity index is 1.79. The van der Waals surface area contributed by atoms with Gasteiger partial charge in [0.1, 0.15) is 0 Å². The van der Waals surface area contributed by atoms with E-state index in [1.165, 1.54) is 28.5 Å². The van der Waals surface area contributed by atoms with Crippen LogP contribution in [0.5, 0.6) is 0 Å². The van der Waals surface area contributed by atoms with Crippen LogP contribution in [0.25, 0.3) is 11.1 Å². The molecule has 0 fully saturated rings. The molecule has 0 spiro atoms. The second-order valence-electron chi connectivity index (χ2n) is 5.09. The van der Waals surface area contributed by atoms with Crippen LogP contribution < -0.4 is 4.72 Å². The van der Waals surface area contributed by atoms with E-state index >= 15 is 0 Å². The van der Waals surface area contributed by atoms with Crippen molar-refractivity contribution in [2.24, 2.45) is 0 Å². The molecule has 0 aliphatic heterocycles. The third-order valence-electron chi connectivity index (χ3n) is 3.53. The van der Waals surface area contributed by atoms with Gasteiger partial charge >= 0.3 is 0 Å². The van der Waals surface area contributed by atoms with Gasteiger partial charge in [-0.1, -0.05) is 48.5 Å². The molecule has 3 nitrogen and oxygen atoms in total. The van der Waals surface area contributed by atoms with Crippen molar-refractivity contribution >= 4 is 21.8 Å². The van der Waals surface area contributed by atoms with Gasteiger partial charge in [0.15, 0.2) is 0 Å². The fourth-order valence-electron chi connectivity index (χ4n) is 2.69. The SMILES string of the molecule is CS(=O)(=O)NCCSC1c2ccccc2-c2ccccc21. The first-order valence-corrected chi connectivity index (χ1v) is 9.75. The Hall–Kier alpha value is -1.30. The van der Waals surface area contributed by atoms with Crippen molar-refractivity contribution in [3.63, 3.8) is 0 Å². The number of thioether (sulfide) groups is 1. The van der Waals surface area contributed by atoms with Gasteiger partial charge in [-0.25, -0.2) is 13.1 Å². The molecule has 0 heterocycles. The summed E-state index contributed by atoms with van der Waals surface area (Å²) in [5.41, 5.74) is 5.23. The van der Waals surface area contributed by atoms with Crippen molar-refractivity contribution in [1.29, 1.82) is 0 Å². The van der Waals surface area contributed by atoms with Crippen LogP contribution in [0, 0.1) is 0 Å². The van der Waals surface area contributed by atoms with E-state index in [1.54, 1.807) is 11.8 Å². The van der Waals surface area contributed by atoms with E-state index in [-0.39, 0.29) is 0 Å². The molecular formula is C16H17NO2S2. The lowest BCUT2D eigenvalue weighted by Crippen LogP contribution is -2.24. The van der Waals surface area contributed by atoms with Crippen molar-refractivity contribution in [2.75, 3.05) is 18.6 Å². The first-order valence-electron chi connectivity index (χ1n) is 6.81. The van der Waals surface area contributed by atoms with Gasteiger partial charge in [0, 0.05) is 12.3 Å². The summed E-state index contributed by atoms with van der Waals surface area (Å²) in [6.45, 7) is 0.463. The summed E-state index contributed by atoms with van der Waals surface area (Å²) < 4.78 is 24.8. The maximum Gasteiger partial charge on any atom is 0.208 e. The van der Waals surface area contributed by atoms with E-state index in [4.69, 9.17) is 0 Å². The van der Waals surface area contributed by atoms with E-state index < -0.39 is 10.0 Å². The van der Waals surface area contributed by atoms with Crippen molar-refractivity contribution in [3.05, 3.63) is 59.7 Å². The Labute approximate surface area is 129 Å². The van der Waals surface area contributed by atoms with Crippen molar-refractivity contribution in [2.45, 2.75) is 5.25 Å². The molecule has 21 heavy (non-hydrogen) atoms. The Kier molecular flexibility index (Phi) is 4.06. The first kappa shape index (κ1) is 14.6. The second kappa shape index (κ2) is 5.83. The molecule has 5 heteroatoms. The van der Waals surface area contributed by atoms with Crippen molar-refractivity contribution in [3.8, 4) is 11.1 Å². The summed E-state index contributed by atoms with van der Waals surface area (Å²) >= 11 is 1.78. The van der Waals surface area contributed by atoms with E-state index in [0.717, 1.165) is 5.75 Å². The predicted molar refractivity (Wildman–Crippen MR) is 89.0 cm³/mol. The summed E-state index contributed by atoms with van der Waals surface area (Å²) in [5.74, 6) is 0.750. The first-order chi connectivity index (χ1) is 10.1. The highest BCUT2D eigenvalue weighted by Crippen LogP contribution is 2.49. The minimum Gasteiger partial charge on any atom is -0.215 e. The summed E-state index contributed by atoms with van der Waals surface area (Å²) in [7, 11) is -3.10. The number of benzene rings is 2. The van der Waals surface area contributed by atoms with Gasteiger partial charge in [-0.05, 0) is 22.3 Å². The molecule has 2 aromatic rings. The maximum absolute atomic E-state index is 11.1. The Bertz CT molecular complexity index is 711. The van der Waals surface area contributed by atoms with Gasteiger partial charge in [-0.3, -0.25) is 0 Å². The molecule has 2 aromatic carbocycles. The lowest BCUT2D eigenvalue weighted by atomic mass is 10.1. The molecule has 0 radical (unpaired) electrons. The zero-order valence-electron chi connectivity index (χ0n) is 11.7. The number of fused-ring (bicyclic) bond motifs is 3. The zero-order chi connectivity index (χ0) is 14.9.